The zero-order valence-electron chi connectivity index (χ0n) is 11.5. The molecule has 1 N–H and O–H groups in total. The molecule has 3 rings (SSSR count). The van der Waals surface area contributed by atoms with E-state index in [0.29, 0.717) is 17.4 Å². The van der Waals surface area contributed by atoms with Crippen molar-refractivity contribution in [3.63, 3.8) is 0 Å². The van der Waals surface area contributed by atoms with Crippen LogP contribution in [0.15, 0.2) is 24.3 Å². The zero-order valence-corrected chi connectivity index (χ0v) is 11.5. The summed E-state index contributed by atoms with van der Waals surface area (Å²) in [5.41, 5.74) is -0.0522. The maximum absolute atomic E-state index is 12.5. The monoisotopic (exact) mass is 298 g/mol. The fourth-order valence-electron chi connectivity index (χ4n) is 3.16. The van der Waals surface area contributed by atoms with Gasteiger partial charge in [0.2, 0.25) is 5.91 Å². The Morgan fingerprint density at radius 1 is 1.14 bits per heavy atom. The lowest BCUT2D eigenvalue weighted by atomic mass is 10.0. The molecule has 0 saturated carbocycles. The molecule has 1 aromatic carbocycles. The molecule has 2 saturated heterocycles. The van der Waals surface area contributed by atoms with E-state index in [-0.39, 0.29) is 12.3 Å². The molecule has 2 aliphatic heterocycles. The lowest BCUT2D eigenvalue weighted by Crippen LogP contribution is -2.32. The Labute approximate surface area is 121 Å². The van der Waals surface area contributed by atoms with Crippen molar-refractivity contribution < 1.29 is 18.0 Å². The quantitative estimate of drug-likeness (QED) is 0.905. The highest BCUT2D eigenvalue weighted by Gasteiger charge is 2.37. The minimum Gasteiger partial charge on any atom is -0.342 e. The van der Waals surface area contributed by atoms with E-state index >= 15 is 0 Å². The Morgan fingerprint density at radius 3 is 2.24 bits per heavy atom. The highest BCUT2D eigenvalue weighted by atomic mass is 19.4. The molecule has 21 heavy (non-hydrogen) atoms. The number of nitrogens with zero attached hydrogens (tertiary/aromatic N) is 1. The Balaban J connectivity index is 1.60. The first-order chi connectivity index (χ1) is 9.93. The van der Waals surface area contributed by atoms with Crippen LogP contribution in [0, 0.1) is 11.8 Å². The van der Waals surface area contributed by atoms with Crippen molar-refractivity contribution in [2.45, 2.75) is 12.6 Å². The normalized spacial score (nSPS) is 25.2. The van der Waals surface area contributed by atoms with Gasteiger partial charge in [-0.15, -0.1) is 0 Å². The minimum absolute atomic E-state index is 0.00385. The molecule has 0 spiro atoms. The highest BCUT2D eigenvalue weighted by Crippen LogP contribution is 2.30. The first kappa shape index (κ1) is 14.4. The van der Waals surface area contributed by atoms with Gasteiger partial charge in [0.15, 0.2) is 0 Å². The van der Waals surface area contributed by atoms with E-state index in [2.05, 4.69) is 5.32 Å². The first-order valence-corrected chi connectivity index (χ1v) is 7.08. The van der Waals surface area contributed by atoms with E-state index in [1.165, 1.54) is 12.1 Å². The molecule has 2 heterocycles. The second-order valence-corrected chi connectivity index (χ2v) is 5.85. The molecule has 114 valence electrons. The number of hydrogen-bond acceptors (Lipinski definition) is 2. The topological polar surface area (TPSA) is 32.3 Å². The number of halogens is 3. The van der Waals surface area contributed by atoms with Crippen molar-refractivity contribution in [3.8, 4) is 0 Å². The van der Waals surface area contributed by atoms with Crippen molar-refractivity contribution >= 4 is 5.91 Å². The van der Waals surface area contributed by atoms with Gasteiger partial charge in [0, 0.05) is 26.2 Å². The van der Waals surface area contributed by atoms with Crippen molar-refractivity contribution in [2.24, 2.45) is 11.8 Å². The average Bonchev–Trinajstić information content (AvgIpc) is 2.98. The van der Waals surface area contributed by atoms with Gasteiger partial charge in [-0.1, -0.05) is 12.1 Å². The van der Waals surface area contributed by atoms with Gasteiger partial charge >= 0.3 is 6.18 Å². The molecule has 3 nitrogen and oxygen atoms in total. The van der Waals surface area contributed by atoms with Crippen LogP contribution in [0.5, 0.6) is 0 Å². The van der Waals surface area contributed by atoms with Gasteiger partial charge in [-0.25, -0.2) is 0 Å². The van der Waals surface area contributed by atoms with Crippen LogP contribution in [0.4, 0.5) is 13.2 Å². The number of benzene rings is 1. The van der Waals surface area contributed by atoms with Crippen LogP contribution in [-0.4, -0.2) is 37.0 Å². The van der Waals surface area contributed by atoms with Gasteiger partial charge in [0.05, 0.1) is 12.0 Å². The summed E-state index contributed by atoms with van der Waals surface area (Å²) in [6, 6.07) is 4.84. The number of alkyl halides is 3. The fourth-order valence-corrected chi connectivity index (χ4v) is 3.16. The number of hydrogen-bond donors (Lipinski definition) is 1. The summed E-state index contributed by atoms with van der Waals surface area (Å²) in [5.74, 6) is 1.06. The summed E-state index contributed by atoms with van der Waals surface area (Å²) in [5, 5.41) is 3.31. The van der Waals surface area contributed by atoms with E-state index < -0.39 is 11.7 Å². The summed E-state index contributed by atoms with van der Waals surface area (Å²) in [7, 11) is 0. The second kappa shape index (κ2) is 5.33. The maximum atomic E-state index is 12.5. The van der Waals surface area contributed by atoms with Gasteiger partial charge < -0.3 is 10.2 Å². The van der Waals surface area contributed by atoms with E-state index in [4.69, 9.17) is 0 Å². The van der Waals surface area contributed by atoms with Crippen LogP contribution >= 0.6 is 0 Å². The lowest BCUT2D eigenvalue weighted by molar-refractivity contribution is -0.137. The number of rotatable bonds is 2. The van der Waals surface area contributed by atoms with E-state index in [9.17, 15) is 18.0 Å². The van der Waals surface area contributed by atoms with Crippen LogP contribution < -0.4 is 5.32 Å². The van der Waals surface area contributed by atoms with Crippen LogP contribution in [0.3, 0.4) is 0 Å². The van der Waals surface area contributed by atoms with E-state index in [1.807, 2.05) is 4.90 Å². The van der Waals surface area contributed by atoms with Gasteiger partial charge in [-0.3, -0.25) is 4.79 Å². The lowest BCUT2D eigenvalue weighted by Gasteiger charge is -2.17. The summed E-state index contributed by atoms with van der Waals surface area (Å²) < 4.78 is 37.4. The maximum Gasteiger partial charge on any atom is 0.416 e. The third-order valence-electron chi connectivity index (χ3n) is 4.38. The van der Waals surface area contributed by atoms with Gasteiger partial charge in [-0.05, 0) is 29.5 Å². The molecule has 0 radical (unpaired) electrons. The number of likely N-dealkylation sites (tertiary alicyclic amines) is 1. The highest BCUT2D eigenvalue weighted by molar-refractivity contribution is 5.79. The average molecular weight is 298 g/mol. The third-order valence-corrected chi connectivity index (χ3v) is 4.38. The van der Waals surface area contributed by atoms with Crippen molar-refractivity contribution in [1.82, 2.24) is 10.2 Å². The first-order valence-electron chi connectivity index (χ1n) is 7.08. The van der Waals surface area contributed by atoms with Gasteiger partial charge in [-0.2, -0.15) is 13.2 Å². The molecule has 0 bridgehead atoms. The van der Waals surface area contributed by atoms with Crippen molar-refractivity contribution in [2.75, 3.05) is 26.2 Å². The molecule has 0 aromatic heterocycles. The Hall–Kier alpha value is -1.56. The molecule has 0 unspecified atom stereocenters. The molecular formula is C15H17F3N2O. The van der Waals surface area contributed by atoms with E-state index in [1.54, 1.807) is 0 Å². The zero-order chi connectivity index (χ0) is 15.0. The number of fused-ring (bicyclic) bond motifs is 1. The minimum atomic E-state index is -4.33. The molecule has 2 atom stereocenters. The van der Waals surface area contributed by atoms with Crippen LogP contribution in [0.25, 0.3) is 0 Å². The fraction of sp³-hybridized carbons (Fsp3) is 0.533. The predicted octanol–water partition coefficient (Wildman–Crippen LogP) is 1.93. The summed E-state index contributed by atoms with van der Waals surface area (Å²) >= 11 is 0. The van der Waals surface area contributed by atoms with Crippen LogP contribution in [-0.2, 0) is 17.4 Å². The SMILES string of the molecule is O=C(Cc1ccc(C(F)(F)F)cc1)N1C[C@H]2CNC[C@H]2C1. The largest absolute Gasteiger partial charge is 0.416 e. The summed E-state index contributed by atoms with van der Waals surface area (Å²) in [6.07, 6.45) is -4.16. The van der Waals surface area contributed by atoms with Crippen LogP contribution in [0.2, 0.25) is 0 Å². The van der Waals surface area contributed by atoms with E-state index in [0.717, 1.165) is 38.3 Å². The molecule has 1 aromatic rings. The molecule has 2 fully saturated rings. The standard InChI is InChI=1S/C15H17F3N2O/c16-15(17,18)13-3-1-10(2-4-13)5-14(21)20-8-11-6-19-7-12(11)9-20/h1-4,11-12,19H,5-9H2/t11-,12+. The predicted molar refractivity (Wildman–Crippen MR) is 71.6 cm³/mol. The molecule has 1 amide bonds. The van der Waals surface area contributed by atoms with Crippen molar-refractivity contribution in [3.05, 3.63) is 35.4 Å². The number of carbonyl (C=O) groups excluding carboxylic acids is 1. The molecule has 6 heteroatoms. The number of carbonyl (C=O) groups is 1. The molecule has 0 aliphatic carbocycles. The Bertz CT molecular complexity index is 515. The summed E-state index contributed by atoms with van der Waals surface area (Å²) in [6.45, 7) is 3.43. The Kier molecular flexibility index (Phi) is 3.65. The molecule has 2 aliphatic rings. The Morgan fingerprint density at radius 2 is 1.71 bits per heavy atom. The van der Waals surface area contributed by atoms with Crippen LogP contribution in [0.1, 0.15) is 11.1 Å². The smallest absolute Gasteiger partial charge is 0.342 e. The number of nitrogens with one attached hydrogen (secondary N) is 1. The molecular weight excluding hydrogens is 281 g/mol. The van der Waals surface area contributed by atoms with Gasteiger partial charge in [0.1, 0.15) is 0 Å². The van der Waals surface area contributed by atoms with Gasteiger partial charge in [0.25, 0.3) is 0 Å². The second-order valence-electron chi connectivity index (χ2n) is 5.85. The number of amides is 1. The third kappa shape index (κ3) is 3.05. The van der Waals surface area contributed by atoms with Crippen molar-refractivity contribution in [1.29, 1.82) is 0 Å². The summed E-state index contributed by atoms with van der Waals surface area (Å²) in [4.78, 5) is 14.1.